The lowest BCUT2D eigenvalue weighted by Crippen LogP contribution is -2.42. The normalized spacial score (nSPS) is 11.6. The number of hydrogen-bond acceptors (Lipinski definition) is 8. The molecular weight excluding hydrogens is 384 g/mol. The first kappa shape index (κ1) is 19.1. The van der Waals surface area contributed by atoms with E-state index >= 15 is 0 Å². The minimum atomic E-state index is -1.16. The molecule has 0 aliphatic rings. The van der Waals surface area contributed by atoms with Gasteiger partial charge in [0, 0.05) is 0 Å². The summed E-state index contributed by atoms with van der Waals surface area (Å²) in [7, 11) is 0. The van der Waals surface area contributed by atoms with E-state index in [1.807, 2.05) is 11.6 Å². The Hall–Kier alpha value is -2.24. The second-order valence-corrected chi connectivity index (χ2v) is 7.37. The van der Waals surface area contributed by atoms with E-state index in [9.17, 15) is 14.4 Å². The van der Waals surface area contributed by atoms with Crippen molar-refractivity contribution in [2.75, 3.05) is 6.26 Å². The van der Waals surface area contributed by atoms with Crippen LogP contribution in [0.25, 0.3) is 5.69 Å². The van der Waals surface area contributed by atoms with Crippen molar-refractivity contribution >= 4 is 53.2 Å². The van der Waals surface area contributed by atoms with Crippen LogP contribution in [0.5, 0.6) is 0 Å². The lowest BCUT2D eigenvalue weighted by atomic mass is 10.2. The maximum atomic E-state index is 12.0. The van der Waals surface area contributed by atoms with Crippen LogP contribution >= 0.6 is 35.3 Å². The molecule has 3 N–H and O–H groups in total. The molecule has 0 fully saturated rings. The molecule has 0 radical (unpaired) electrons. The summed E-state index contributed by atoms with van der Waals surface area (Å²) in [6, 6.07) is 5.41. The summed E-state index contributed by atoms with van der Waals surface area (Å²) >= 11 is 8.14. The fraction of sp³-hybridized carbons (Fsp3) is 0.214. The highest BCUT2D eigenvalue weighted by molar-refractivity contribution is 8.00. The van der Waals surface area contributed by atoms with Gasteiger partial charge in [-0.25, -0.2) is 14.3 Å². The Morgan fingerprint density at radius 3 is 2.52 bits per heavy atom. The van der Waals surface area contributed by atoms with Crippen LogP contribution in [0.1, 0.15) is 17.3 Å². The minimum Gasteiger partial charge on any atom is -0.449 e. The monoisotopic (exact) mass is 398 g/mol. The molecule has 1 unspecified atom stereocenters. The van der Waals surface area contributed by atoms with E-state index in [4.69, 9.17) is 22.7 Å². The number of thioether (sulfide) groups is 1. The molecule has 0 spiro atoms. The number of rotatable bonds is 5. The number of urea groups is 1. The van der Waals surface area contributed by atoms with Crippen molar-refractivity contribution in [2.45, 2.75) is 17.4 Å². The van der Waals surface area contributed by atoms with Crippen molar-refractivity contribution < 1.29 is 19.1 Å². The molecule has 0 aliphatic carbocycles. The van der Waals surface area contributed by atoms with E-state index in [1.54, 1.807) is 16.8 Å². The number of carbonyl (C=O) groups is 3. The van der Waals surface area contributed by atoms with Crippen molar-refractivity contribution in [3.63, 3.8) is 0 Å². The van der Waals surface area contributed by atoms with Crippen LogP contribution in [-0.2, 0) is 9.53 Å². The molecule has 1 aromatic carbocycles. The van der Waals surface area contributed by atoms with Crippen LogP contribution in [0.4, 0.5) is 4.79 Å². The fourth-order valence-corrected chi connectivity index (χ4v) is 3.53. The Morgan fingerprint density at radius 2 is 2.00 bits per heavy atom. The van der Waals surface area contributed by atoms with Gasteiger partial charge >= 0.3 is 12.0 Å². The summed E-state index contributed by atoms with van der Waals surface area (Å²) in [5.41, 5.74) is 5.79. The minimum absolute atomic E-state index is 0.245. The quantitative estimate of drug-likeness (QED) is 0.450. The summed E-state index contributed by atoms with van der Waals surface area (Å²) in [4.78, 5) is 34.2. The van der Waals surface area contributed by atoms with Crippen molar-refractivity contribution in [1.82, 2.24) is 15.1 Å². The molecule has 1 aromatic heterocycles. The Labute approximate surface area is 156 Å². The Balaban J connectivity index is 2.10. The van der Waals surface area contributed by atoms with E-state index in [-0.39, 0.29) is 5.56 Å². The van der Waals surface area contributed by atoms with Gasteiger partial charge < -0.3 is 10.5 Å². The molecule has 1 atom stereocenters. The summed E-state index contributed by atoms with van der Waals surface area (Å²) in [5, 5.41) is 6.20. The van der Waals surface area contributed by atoms with Gasteiger partial charge in [0.15, 0.2) is 14.4 Å². The summed E-state index contributed by atoms with van der Waals surface area (Å²) in [6.45, 7) is 1.34. The third-order valence-corrected chi connectivity index (χ3v) is 5.16. The van der Waals surface area contributed by atoms with Gasteiger partial charge in [-0.05, 0) is 49.7 Å². The molecule has 2 rings (SSSR count). The van der Waals surface area contributed by atoms with Crippen molar-refractivity contribution in [1.29, 1.82) is 0 Å². The van der Waals surface area contributed by atoms with Crippen LogP contribution in [0.2, 0.25) is 0 Å². The number of benzene rings is 1. The van der Waals surface area contributed by atoms with E-state index in [2.05, 4.69) is 5.10 Å². The zero-order valence-corrected chi connectivity index (χ0v) is 15.7. The van der Waals surface area contributed by atoms with Gasteiger partial charge in [-0.1, -0.05) is 23.1 Å². The Bertz CT molecular complexity index is 860. The second kappa shape index (κ2) is 8.23. The highest BCUT2D eigenvalue weighted by atomic mass is 32.2. The molecule has 25 heavy (non-hydrogen) atoms. The zero-order chi connectivity index (χ0) is 18.6. The SMILES string of the molecule is CSc1nn(-c2ccc(C(=O)OC(C)C(=O)NC(N)=O)cc2)c(=S)s1. The molecule has 0 bridgehead atoms. The van der Waals surface area contributed by atoms with Crippen molar-refractivity contribution in [3.8, 4) is 5.69 Å². The van der Waals surface area contributed by atoms with E-state index < -0.39 is 24.0 Å². The molecule has 0 saturated carbocycles. The highest BCUT2D eigenvalue weighted by Crippen LogP contribution is 2.22. The maximum absolute atomic E-state index is 12.0. The molecule has 8 nitrogen and oxygen atoms in total. The molecule has 132 valence electrons. The van der Waals surface area contributed by atoms with Gasteiger partial charge in [0.2, 0.25) is 0 Å². The Morgan fingerprint density at radius 1 is 1.36 bits per heavy atom. The smallest absolute Gasteiger partial charge is 0.338 e. The zero-order valence-electron chi connectivity index (χ0n) is 13.2. The van der Waals surface area contributed by atoms with Crippen molar-refractivity contribution in [2.24, 2.45) is 5.73 Å². The third-order valence-electron chi connectivity index (χ3n) is 2.95. The van der Waals surface area contributed by atoms with Crippen LogP contribution in [-0.4, -0.2) is 40.0 Å². The topological polar surface area (TPSA) is 116 Å². The highest BCUT2D eigenvalue weighted by Gasteiger charge is 2.20. The van der Waals surface area contributed by atoms with Crippen molar-refractivity contribution in [3.05, 3.63) is 33.8 Å². The van der Waals surface area contributed by atoms with E-state index in [0.717, 1.165) is 4.34 Å². The second-order valence-electron chi connectivity index (χ2n) is 4.70. The lowest BCUT2D eigenvalue weighted by molar-refractivity contribution is -0.127. The Kier molecular flexibility index (Phi) is 6.28. The van der Waals surface area contributed by atoms with Crippen LogP contribution in [0.15, 0.2) is 28.6 Å². The standard InChI is InChI=1S/C14H14N4O4S3/c1-7(10(19)16-12(15)21)22-11(20)8-3-5-9(6-4-8)18-14(23)25-13(17-18)24-2/h3-7H,1-2H3,(H3,15,16,19,21). The predicted molar refractivity (Wildman–Crippen MR) is 96.7 cm³/mol. The third kappa shape index (κ3) is 4.87. The number of nitrogens with zero attached hydrogens (tertiary/aromatic N) is 2. The number of primary amides is 1. The van der Waals surface area contributed by atoms with Crippen LogP contribution in [0, 0.1) is 3.95 Å². The predicted octanol–water partition coefficient (Wildman–Crippen LogP) is 2.13. The van der Waals surface area contributed by atoms with E-state index in [1.165, 1.54) is 42.2 Å². The van der Waals surface area contributed by atoms with E-state index in [0.29, 0.717) is 9.64 Å². The number of carbonyl (C=O) groups excluding carboxylic acids is 3. The first-order valence-electron chi connectivity index (χ1n) is 6.87. The lowest BCUT2D eigenvalue weighted by Gasteiger charge is -2.12. The number of aromatic nitrogens is 2. The fourth-order valence-electron chi connectivity index (χ4n) is 1.75. The average molecular weight is 398 g/mol. The molecule has 1 heterocycles. The van der Waals surface area contributed by atoms with Gasteiger partial charge in [0.25, 0.3) is 5.91 Å². The molecular formula is C14H14N4O4S3. The average Bonchev–Trinajstić information content (AvgIpc) is 2.95. The molecule has 2 aromatic rings. The van der Waals surface area contributed by atoms with Gasteiger partial charge in [-0.15, -0.1) is 5.10 Å². The first-order chi connectivity index (χ1) is 11.8. The summed E-state index contributed by atoms with van der Waals surface area (Å²) in [5.74, 6) is -1.50. The van der Waals surface area contributed by atoms with Crippen LogP contribution in [0.3, 0.4) is 0 Å². The first-order valence-corrected chi connectivity index (χ1v) is 9.32. The number of nitrogens with two attached hydrogens (primary N) is 1. The number of imide groups is 1. The summed E-state index contributed by atoms with van der Waals surface area (Å²) in [6.07, 6.45) is 0.753. The van der Waals surface area contributed by atoms with Gasteiger partial charge in [-0.3, -0.25) is 10.1 Å². The number of esters is 1. The van der Waals surface area contributed by atoms with Crippen LogP contribution < -0.4 is 11.1 Å². The number of hydrogen-bond donors (Lipinski definition) is 2. The maximum Gasteiger partial charge on any atom is 0.338 e. The summed E-state index contributed by atoms with van der Waals surface area (Å²) < 4.78 is 8.02. The molecule has 0 aliphatic heterocycles. The molecule has 3 amide bonds. The number of nitrogens with one attached hydrogen (secondary N) is 1. The number of ether oxygens (including phenoxy) is 1. The molecule has 0 saturated heterocycles. The van der Waals surface area contributed by atoms with Gasteiger partial charge in [0.05, 0.1) is 11.3 Å². The van der Waals surface area contributed by atoms with Gasteiger partial charge in [0.1, 0.15) is 0 Å². The number of amides is 3. The molecule has 11 heteroatoms. The largest absolute Gasteiger partial charge is 0.449 e. The van der Waals surface area contributed by atoms with Gasteiger partial charge in [-0.2, -0.15) is 0 Å².